The summed E-state index contributed by atoms with van der Waals surface area (Å²) in [4.78, 5) is 0. The zero-order chi connectivity index (χ0) is 11.6. The Morgan fingerprint density at radius 3 is 2.71 bits per heavy atom. The summed E-state index contributed by atoms with van der Waals surface area (Å²) < 4.78 is 5.43. The number of epoxide rings is 1. The molecule has 17 heavy (non-hydrogen) atoms. The predicted octanol–water partition coefficient (Wildman–Crippen LogP) is 1.69. The van der Waals surface area contributed by atoms with Crippen LogP contribution in [0.15, 0.2) is 36.4 Å². The third kappa shape index (κ3) is 1.16. The van der Waals surface area contributed by atoms with Gasteiger partial charge in [0.1, 0.15) is 24.4 Å². The van der Waals surface area contributed by atoms with Crippen LogP contribution in [0.2, 0.25) is 0 Å². The lowest BCUT2D eigenvalue weighted by molar-refractivity contribution is 0.000828. The third-order valence-corrected chi connectivity index (χ3v) is 3.79. The molecule has 2 N–H and O–H groups in total. The molecule has 0 saturated carbocycles. The van der Waals surface area contributed by atoms with E-state index in [-0.39, 0.29) is 12.2 Å². The van der Waals surface area contributed by atoms with Crippen LogP contribution in [-0.4, -0.2) is 22.4 Å². The van der Waals surface area contributed by atoms with Crippen molar-refractivity contribution in [2.75, 3.05) is 0 Å². The molecule has 3 nitrogen and oxygen atoms in total. The topological polar surface area (TPSA) is 53.0 Å². The Hall–Kier alpha value is -1.42. The van der Waals surface area contributed by atoms with Crippen molar-refractivity contribution >= 4 is 10.8 Å². The van der Waals surface area contributed by atoms with Gasteiger partial charge < -0.3 is 14.9 Å². The molecule has 0 amide bonds. The molecule has 2 aromatic rings. The molecule has 1 aliphatic carbocycles. The Kier molecular flexibility index (Phi) is 1.73. The number of fused-ring (bicyclic) bond motifs is 5. The Balaban J connectivity index is 2.06. The maximum atomic E-state index is 10.2. The van der Waals surface area contributed by atoms with Gasteiger partial charge in [0.25, 0.3) is 0 Å². The van der Waals surface area contributed by atoms with Crippen molar-refractivity contribution < 1.29 is 14.9 Å². The second-order valence-corrected chi connectivity index (χ2v) is 4.75. The molecule has 86 valence electrons. The molecule has 0 bridgehead atoms. The zero-order valence-electron chi connectivity index (χ0n) is 9.08. The zero-order valence-corrected chi connectivity index (χ0v) is 9.08. The van der Waals surface area contributed by atoms with Gasteiger partial charge in [0, 0.05) is 0 Å². The van der Waals surface area contributed by atoms with E-state index in [2.05, 4.69) is 0 Å². The predicted molar refractivity (Wildman–Crippen MR) is 62.5 cm³/mol. The lowest BCUT2D eigenvalue weighted by Crippen LogP contribution is -2.29. The molecule has 1 saturated heterocycles. The first kappa shape index (κ1) is 9.59. The number of rotatable bonds is 0. The van der Waals surface area contributed by atoms with Gasteiger partial charge in [-0.05, 0) is 21.9 Å². The van der Waals surface area contributed by atoms with E-state index >= 15 is 0 Å². The molecule has 1 heterocycles. The molecular weight excluding hydrogens is 216 g/mol. The van der Waals surface area contributed by atoms with Crippen LogP contribution in [-0.2, 0) is 4.74 Å². The van der Waals surface area contributed by atoms with Gasteiger partial charge >= 0.3 is 0 Å². The molecule has 4 atom stereocenters. The van der Waals surface area contributed by atoms with Gasteiger partial charge in [-0.1, -0.05) is 36.4 Å². The molecule has 2 aliphatic rings. The number of hydrogen-bond donors (Lipinski definition) is 2. The highest BCUT2D eigenvalue weighted by Crippen LogP contribution is 2.52. The molecular formula is C14H12O3. The third-order valence-electron chi connectivity index (χ3n) is 3.79. The number of aliphatic hydroxyl groups excluding tert-OH is 2. The van der Waals surface area contributed by atoms with Crippen LogP contribution in [0.4, 0.5) is 0 Å². The summed E-state index contributed by atoms with van der Waals surface area (Å²) in [5.41, 5.74) is 1.85. The van der Waals surface area contributed by atoms with E-state index < -0.39 is 12.2 Å². The van der Waals surface area contributed by atoms with Gasteiger partial charge in [-0.2, -0.15) is 0 Å². The van der Waals surface area contributed by atoms with Crippen LogP contribution in [0.1, 0.15) is 23.3 Å². The molecule has 0 unspecified atom stereocenters. The van der Waals surface area contributed by atoms with Crippen molar-refractivity contribution in [2.24, 2.45) is 0 Å². The fourth-order valence-corrected chi connectivity index (χ4v) is 2.87. The van der Waals surface area contributed by atoms with Crippen molar-refractivity contribution in [3.05, 3.63) is 47.5 Å². The molecule has 0 radical (unpaired) electrons. The van der Waals surface area contributed by atoms with Gasteiger partial charge in [-0.3, -0.25) is 0 Å². The Labute approximate surface area is 98.3 Å². The first-order valence-electron chi connectivity index (χ1n) is 5.80. The monoisotopic (exact) mass is 228 g/mol. The molecule has 0 aromatic heterocycles. The van der Waals surface area contributed by atoms with Crippen molar-refractivity contribution in [2.45, 2.75) is 24.4 Å². The standard InChI is InChI=1S/C14H12O3/c15-11-10-8-4-2-1-3-7(8)5-6-9(10)13-14(17-13)12(11)16/h1-6,11-16H/t11-,12-,13+,14+/m1/s1. The summed E-state index contributed by atoms with van der Waals surface area (Å²) in [7, 11) is 0. The van der Waals surface area contributed by atoms with Crippen LogP contribution >= 0.6 is 0 Å². The molecule has 1 aliphatic heterocycles. The van der Waals surface area contributed by atoms with Crippen molar-refractivity contribution in [3.63, 3.8) is 0 Å². The van der Waals surface area contributed by atoms with E-state index in [0.29, 0.717) is 0 Å². The molecule has 3 heteroatoms. The van der Waals surface area contributed by atoms with Crippen LogP contribution < -0.4 is 0 Å². The highest BCUT2D eigenvalue weighted by molar-refractivity contribution is 5.87. The van der Waals surface area contributed by atoms with Gasteiger partial charge in [0.15, 0.2) is 0 Å². The van der Waals surface area contributed by atoms with Crippen LogP contribution in [0.3, 0.4) is 0 Å². The average molecular weight is 228 g/mol. The fraction of sp³-hybridized carbons (Fsp3) is 0.286. The van der Waals surface area contributed by atoms with E-state index in [1.165, 1.54) is 0 Å². The summed E-state index contributed by atoms with van der Waals surface area (Å²) in [5.74, 6) is 0. The van der Waals surface area contributed by atoms with E-state index in [0.717, 1.165) is 21.9 Å². The van der Waals surface area contributed by atoms with Crippen molar-refractivity contribution in [1.82, 2.24) is 0 Å². The van der Waals surface area contributed by atoms with Gasteiger partial charge in [-0.25, -0.2) is 0 Å². The summed E-state index contributed by atoms with van der Waals surface area (Å²) in [6.45, 7) is 0. The summed E-state index contributed by atoms with van der Waals surface area (Å²) in [5, 5.41) is 22.2. The van der Waals surface area contributed by atoms with E-state index in [9.17, 15) is 10.2 Å². The fourth-order valence-electron chi connectivity index (χ4n) is 2.87. The smallest absolute Gasteiger partial charge is 0.118 e. The van der Waals surface area contributed by atoms with Crippen LogP contribution in [0, 0.1) is 0 Å². The summed E-state index contributed by atoms with van der Waals surface area (Å²) in [6.07, 6.45) is -1.91. The molecule has 1 fully saturated rings. The molecule has 0 spiro atoms. The maximum absolute atomic E-state index is 10.2. The van der Waals surface area contributed by atoms with E-state index in [4.69, 9.17) is 4.74 Å². The summed E-state index contributed by atoms with van der Waals surface area (Å²) >= 11 is 0. The Bertz CT molecular complexity index is 607. The first-order chi connectivity index (χ1) is 8.27. The Morgan fingerprint density at radius 2 is 1.82 bits per heavy atom. The number of hydrogen-bond acceptors (Lipinski definition) is 3. The Morgan fingerprint density at radius 1 is 1.00 bits per heavy atom. The quantitative estimate of drug-likeness (QED) is 0.675. The van der Waals surface area contributed by atoms with E-state index in [1.807, 2.05) is 36.4 Å². The van der Waals surface area contributed by atoms with Crippen molar-refractivity contribution in [3.8, 4) is 0 Å². The number of benzene rings is 2. The number of ether oxygens (including phenoxy) is 1. The molecule has 4 rings (SSSR count). The first-order valence-corrected chi connectivity index (χ1v) is 5.80. The highest BCUT2D eigenvalue weighted by atomic mass is 16.6. The lowest BCUT2D eigenvalue weighted by atomic mass is 9.84. The maximum Gasteiger partial charge on any atom is 0.118 e. The second-order valence-electron chi connectivity index (χ2n) is 4.75. The SMILES string of the molecule is O[C@H]1[C@@H]2O[C@H]2c2ccc3ccccc3c2[C@H]1O. The largest absolute Gasteiger partial charge is 0.387 e. The average Bonchev–Trinajstić information content (AvgIpc) is 3.15. The number of aliphatic hydroxyl groups is 2. The minimum absolute atomic E-state index is 0.0343. The van der Waals surface area contributed by atoms with Crippen LogP contribution in [0.5, 0.6) is 0 Å². The minimum atomic E-state index is -0.847. The van der Waals surface area contributed by atoms with Crippen molar-refractivity contribution in [1.29, 1.82) is 0 Å². The van der Waals surface area contributed by atoms with Gasteiger partial charge in [-0.15, -0.1) is 0 Å². The molecule has 2 aromatic carbocycles. The van der Waals surface area contributed by atoms with Crippen LogP contribution in [0.25, 0.3) is 10.8 Å². The minimum Gasteiger partial charge on any atom is -0.387 e. The normalized spacial score (nSPS) is 34.2. The summed E-state index contributed by atoms with van der Waals surface area (Å²) in [6, 6.07) is 11.9. The van der Waals surface area contributed by atoms with E-state index in [1.54, 1.807) is 0 Å². The van der Waals surface area contributed by atoms with Gasteiger partial charge in [0.05, 0.1) is 0 Å². The van der Waals surface area contributed by atoms with Gasteiger partial charge in [0.2, 0.25) is 0 Å². The lowest BCUT2D eigenvalue weighted by Gasteiger charge is -2.24. The second kappa shape index (κ2) is 3.07. The highest BCUT2D eigenvalue weighted by Gasteiger charge is 2.53.